The predicted molar refractivity (Wildman–Crippen MR) is 164 cm³/mol. The van der Waals surface area contributed by atoms with Gasteiger partial charge in [-0.1, -0.05) is 23.7 Å². The van der Waals surface area contributed by atoms with Crippen molar-refractivity contribution in [3.05, 3.63) is 124 Å². The van der Waals surface area contributed by atoms with Crippen LogP contribution < -0.4 is 5.32 Å². The standard InChI is InChI=1S/C32H28ClN9/c1-22-36-12-13-42(22)21-25-18-24-4-3-11-37-30(24)31(28-10-7-26(33)19-29(25)28)40-14-16-41(17-15-40)32(39-35-2)38-27-8-5-23(20-34)6-9-27/h3-13,18-19,31H,14-17,21H2,1H3,(H,38,39). The number of nitrogens with zero attached hydrogens (tertiary/aromatic N) is 8. The molecule has 1 aliphatic carbocycles. The third-order valence-corrected chi connectivity index (χ3v) is 8.01. The van der Waals surface area contributed by atoms with E-state index in [4.69, 9.17) is 28.4 Å². The summed E-state index contributed by atoms with van der Waals surface area (Å²) in [6, 6.07) is 19.4. The Kier molecular flexibility index (Phi) is 7.70. The summed E-state index contributed by atoms with van der Waals surface area (Å²) < 4.78 is 2.14. The van der Waals surface area contributed by atoms with E-state index in [1.165, 1.54) is 5.56 Å². The Labute approximate surface area is 249 Å². The first-order valence-corrected chi connectivity index (χ1v) is 14.1. The van der Waals surface area contributed by atoms with Crippen LogP contribution in [0.25, 0.3) is 16.6 Å². The molecule has 3 heterocycles. The summed E-state index contributed by atoms with van der Waals surface area (Å²) in [5, 5.41) is 17.1. The van der Waals surface area contributed by atoms with Crippen LogP contribution >= 0.6 is 11.6 Å². The van der Waals surface area contributed by atoms with E-state index < -0.39 is 0 Å². The van der Waals surface area contributed by atoms with Gasteiger partial charge in [0, 0.05) is 62.0 Å². The number of piperazine rings is 1. The maximum absolute atomic E-state index is 9.10. The molecule has 2 aromatic heterocycles. The monoisotopic (exact) mass is 573 g/mol. The van der Waals surface area contributed by atoms with Gasteiger partial charge >= 0.3 is 0 Å². The Morgan fingerprint density at radius 2 is 1.93 bits per heavy atom. The van der Waals surface area contributed by atoms with Gasteiger partial charge in [-0.15, -0.1) is 4.95 Å². The lowest BCUT2D eigenvalue weighted by atomic mass is 9.93. The van der Waals surface area contributed by atoms with Gasteiger partial charge in [-0.25, -0.2) is 4.98 Å². The van der Waals surface area contributed by atoms with E-state index in [2.05, 4.69) is 65.1 Å². The van der Waals surface area contributed by atoms with Gasteiger partial charge in [0.1, 0.15) is 10.9 Å². The van der Waals surface area contributed by atoms with Crippen LogP contribution in [0.1, 0.15) is 39.8 Å². The van der Waals surface area contributed by atoms with Crippen molar-refractivity contribution in [2.24, 2.45) is 5.10 Å². The van der Waals surface area contributed by atoms with Gasteiger partial charge in [-0.3, -0.25) is 9.88 Å². The zero-order valence-corrected chi connectivity index (χ0v) is 23.8. The van der Waals surface area contributed by atoms with Crippen molar-refractivity contribution in [3.8, 4) is 6.07 Å². The largest absolute Gasteiger partial charge is 0.334 e. The summed E-state index contributed by atoms with van der Waals surface area (Å²) in [7, 11) is 0. The molecule has 4 aromatic rings. The molecule has 208 valence electrons. The molecule has 1 atom stereocenters. The third kappa shape index (κ3) is 5.48. The maximum Gasteiger partial charge on any atom is 0.285 e. The lowest BCUT2D eigenvalue weighted by Crippen LogP contribution is -2.51. The Balaban J connectivity index is 1.29. The first-order chi connectivity index (χ1) is 20.5. The molecule has 0 saturated carbocycles. The maximum atomic E-state index is 9.10. The quantitative estimate of drug-likeness (QED) is 0.146. The Morgan fingerprint density at radius 1 is 1.12 bits per heavy atom. The topological polar surface area (TPSA) is 89.7 Å². The van der Waals surface area contributed by atoms with Crippen LogP contribution in [-0.2, 0) is 6.54 Å². The van der Waals surface area contributed by atoms with Gasteiger partial charge in [0.15, 0.2) is 0 Å². The summed E-state index contributed by atoms with van der Waals surface area (Å²) in [5.74, 6) is 1.45. The van der Waals surface area contributed by atoms with E-state index in [0.29, 0.717) is 36.2 Å². The smallest absolute Gasteiger partial charge is 0.285 e. The Hall–Kier alpha value is -4.96. The van der Waals surface area contributed by atoms with Crippen LogP contribution in [0.15, 0.2) is 78.3 Å². The summed E-state index contributed by atoms with van der Waals surface area (Å²) >= 11 is 6.58. The van der Waals surface area contributed by atoms with Gasteiger partial charge in [0.2, 0.25) is 0 Å². The summed E-state index contributed by atoms with van der Waals surface area (Å²) in [6.45, 7) is 12.9. The third-order valence-electron chi connectivity index (χ3n) is 7.77. The molecular weight excluding hydrogens is 546 g/mol. The number of fused-ring (bicyclic) bond motifs is 2. The SMILES string of the molecule is [C-]#[N+]N=C(Nc1ccc(C#N)cc1)N1CCN(C2c3ccc(Cl)cc3C(Cn3ccnc3C)=Cc3cccnc32)CC1. The lowest BCUT2D eigenvalue weighted by Gasteiger charge is -2.40. The number of nitrogens with one attached hydrogen (secondary N) is 1. The Morgan fingerprint density at radius 3 is 2.64 bits per heavy atom. The minimum atomic E-state index is -0.0685. The highest BCUT2D eigenvalue weighted by Gasteiger charge is 2.33. The molecule has 10 heteroatoms. The highest BCUT2D eigenvalue weighted by atomic mass is 35.5. The van der Waals surface area contributed by atoms with Crippen LogP contribution in [0.3, 0.4) is 0 Å². The molecule has 6 rings (SSSR count). The summed E-state index contributed by atoms with van der Waals surface area (Å²) in [4.78, 5) is 17.2. The van der Waals surface area contributed by atoms with Gasteiger partial charge in [0.05, 0.1) is 23.4 Å². The second kappa shape index (κ2) is 11.9. The van der Waals surface area contributed by atoms with Crippen molar-refractivity contribution in [2.45, 2.75) is 19.5 Å². The van der Waals surface area contributed by atoms with Crippen LogP contribution in [-0.4, -0.2) is 56.5 Å². The van der Waals surface area contributed by atoms with Gasteiger partial charge in [-0.05, 0) is 77.7 Å². The minimum absolute atomic E-state index is 0.0685. The van der Waals surface area contributed by atoms with Crippen molar-refractivity contribution >= 4 is 34.9 Å². The number of allylic oxidation sites excluding steroid dienone is 1. The summed E-state index contributed by atoms with van der Waals surface area (Å²) in [6.07, 6.45) is 7.92. The molecule has 0 bridgehead atoms. The molecule has 1 aliphatic heterocycles. The summed E-state index contributed by atoms with van der Waals surface area (Å²) in [5.41, 5.74) is 6.88. The van der Waals surface area contributed by atoms with Crippen molar-refractivity contribution in [2.75, 3.05) is 31.5 Å². The molecular formula is C32H28ClN9. The zero-order chi connectivity index (χ0) is 29.1. The molecule has 1 fully saturated rings. The number of hydrogen-bond acceptors (Lipinski definition) is 5. The normalized spacial score (nSPS) is 16.9. The molecule has 0 amide bonds. The highest BCUT2D eigenvalue weighted by Crippen LogP contribution is 2.41. The number of anilines is 1. The number of benzene rings is 2. The second-order valence-electron chi connectivity index (χ2n) is 10.2. The number of aryl methyl sites for hydroxylation is 1. The fourth-order valence-electron chi connectivity index (χ4n) is 5.66. The first-order valence-electron chi connectivity index (χ1n) is 13.7. The lowest BCUT2D eigenvalue weighted by molar-refractivity contribution is 0.148. The molecule has 1 N–H and O–H groups in total. The van der Waals surface area contributed by atoms with Crippen molar-refractivity contribution in [1.29, 1.82) is 5.26 Å². The average molecular weight is 574 g/mol. The molecule has 0 spiro atoms. The number of guanidine groups is 1. The molecule has 1 unspecified atom stereocenters. The fourth-order valence-corrected chi connectivity index (χ4v) is 5.83. The van der Waals surface area contributed by atoms with E-state index in [-0.39, 0.29) is 6.04 Å². The number of imidazole rings is 1. The van der Waals surface area contributed by atoms with Crippen LogP contribution in [0.2, 0.25) is 5.02 Å². The first kappa shape index (κ1) is 27.2. The minimum Gasteiger partial charge on any atom is -0.334 e. The van der Waals surface area contributed by atoms with Gasteiger partial charge in [0.25, 0.3) is 5.96 Å². The van der Waals surface area contributed by atoms with Crippen molar-refractivity contribution in [1.82, 2.24) is 24.3 Å². The van der Waals surface area contributed by atoms with E-state index in [1.54, 1.807) is 12.1 Å². The number of hydrogen-bond donors (Lipinski definition) is 1. The molecule has 1 saturated heterocycles. The zero-order valence-electron chi connectivity index (χ0n) is 23.1. The number of nitriles is 1. The number of aromatic nitrogens is 3. The van der Waals surface area contributed by atoms with E-state index in [0.717, 1.165) is 47.0 Å². The van der Waals surface area contributed by atoms with Crippen molar-refractivity contribution in [3.63, 3.8) is 0 Å². The number of pyridine rings is 1. The Bertz CT molecular complexity index is 1750. The van der Waals surface area contributed by atoms with E-state index in [1.807, 2.05) is 49.8 Å². The molecule has 2 aliphatic rings. The van der Waals surface area contributed by atoms with Gasteiger partial charge in [-0.2, -0.15) is 11.8 Å². The second-order valence-corrected chi connectivity index (χ2v) is 10.7. The molecule has 2 aromatic carbocycles. The highest BCUT2D eigenvalue weighted by molar-refractivity contribution is 6.30. The van der Waals surface area contributed by atoms with Crippen LogP contribution in [0.5, 0.6) is 0 Å². The van der Waals surface area contributed by atoms with E-state index >= 15 is 0 Å². The molecule has 42 heavy (non-hydrogen) atoms. The van der Waals surface area contributed by atoms with Gasteiger partial charge < -0.3 is 14.8 Å². The van der Waals surface area contributed by atoms with E-state index in [9.17, 15) is 0 Å². The number of rotatable bonds is 4. The van der Waals surface area contributed by atoms with Crippen molar-refractivity contribution < 1.29 is 0 Å². The number of halogens is 1. The van der Waals surface area contributed by atoms with Crippen LogP contribution in [0, 0.1) is 24.8 Å². The average Bonchev–Trinajstić information content (AvgIpc) is 3.36. The predicted octanol–water partition coefficient (Wildman–Crippen LogP) is 5.68. The van der Waals surface area contributed by atoms with Crippen LogP contribution in [0.4, 0.5) is 5.69 Å². The molecule has 9 nitrogen and oxygen atoms in total. The fraction of sp³-hybridized carbons (Fsp3) is 0.219. The molecule has 0 radical (unpaired) electrons.